The number of hydrogen-bond acceptors (Lipinski definition) is 2. The van der Waals surface area contributed by atoms with Gasteiger partial charge in [-0.1, -0.05) is 19.7 Å². The molecule has 1 atom stereocenters. The minimum atomic E-state index is 0.0902. The molecule has 2 nitrogen and oxygen atoms in total. The summed E-state index contributed by atoms with van der Waals surface area (Å²) in [5, 5.41) is 11.4. The van der Waals surface area contributed by atoms with Gasteiger partial charge in [0, 0.05) is 0 Å². The summed E-state index contributed by atoms with van der Waals surface area (Å²) < 4.78 is 0. The summed E-state index contributed by atoms with van der Waals surface area (Å²) in [6, 6.07) is 0.0902. The van der Waals surface area contributed by atoms with Gasteiger partial charge in [0.25, 0.3) is 0 Å². The van der Waals surface area contributed by atoms with Crippen molar-refractivity contribution < 1.29 is 5.11 Å². The van der Waals surface area contributed by atoms with E-state index in [1.54, 1.807) is 0 Å². The molecule has 1 unspecified atom stereocenters. The van der Waals surface area contributed by atoms with Gasteiger partial charge < -0.3 is 10.3 Å². The largest absolute Gasteiger partial charge is 0.462 e. The van der Waals surface area contributed by atoms with Crippen LogP contribution in [0.25, 0.3) is 0 Å². The fourth-order valence-electron chi connectivity index (χ4n) is 0.560. The molecule has 0 aliphatic carbocycles. The van der Waals surface area contributed by atoms with Crippen LogP contribution in [0.1, 0.15) is 20.8 Å². The van der Waals surface area contributed by atoms with Crippen molar-refractivity contribution in [3.05, 3.63) is 0 Å². The van der Waals surface area contributed by atoms with Gasteiger partial charge in [-0.25, -0.2) is 0 Å². The second-order valence-corrected chi connectivity index (χ2v) is 2.78. The molecule has 0 radical (unpaired) electrons. The van der Waals surface area contributed by atoms with E-state index in [1.807, 2.05) is 13.0 Å². The lowest BCUT2D eigenvalue weighted by Gasteiger charge is -2.06. The van der Waals surface area contributed by atoms with Crippen LogP contribution in [0.5, 0.6) is 0 Å². The zero-order valence-corrected chi connectivity index (χ0v) is 6.81. The highest BCUT2D eigenvalue weighted by Crippen LogP contribution is 1.93. The summed E-state index contributed by atoms with van der Waals surface area (Å²) in [7, 11) is 0.940. The van der Waals surface area contributed by atoms with Gasteiger partial charge in [0.15, 0.2) is 0 Å². The number of rotatable bonds is 3. The zero-order chi connectivity index (χ0) is 7.98. The standard InChI is InChI=1S/C7H14BNO/c1-6(2)8-9-7(3)4-5-10/h6-10H,1-3H3. The van der Waals surface area contributed by atoms with Crippen LogP contribution >= 0.6 is 0 Å². The highest BCUT2D eigenvalue weighted by molar-refractivity contribution is 6.34. The Balaban J connectivity index is 3.36. The SMILES string of the molecule is CC(C)BNC(C)C#CO. The highest BCUT2D eigenvalue weighted by Gasteiger charge is 1.99. The van der Waals surface area contributed by atoms with Crippen LogP contribution in [-0.4, -0.2) is 18.6 Å². The Morgan fingerprint density at radius 2 is 2.00 bits per heavy atom. The molecule has 0 saturated heterocycles. The Morgan fingerprint density at radius 3 is 2.40 bits per heavy atom. The number of aliphatic hydroxyl groups excluding tert-OH is 1. The monoisotopic (exact) mass is 139 g/mol. The predicted octanol–water partition coefficient (Wildman–Crippen LogP) is 0.478. The van der Waals surface area contributed by atoms with Crippen LogP contribution in [-0.2, 0) is 0 Å². The van der Waals surface area contributed by atoms with Gasteiger partial charge in [0.2, 0.25) is 7.41 Å². The maximum absolute atomic E-state index is 8.20. The molecule has 0 fully saturated rings. The maximum atomic E-state index is 8.20. The fourth-order valence-corrected chi connectivity index (χ4v) is 0.560. The maximum Gasteiger partial charge on any atom is 0.204 e. The number of hydrogen-bond donors (Lipinski definition) is 2. The van der Waals surface area contributed by atoms with Gasteiger partial charge in [0.05, 0.1) is 6.04 Å². The topological polar surface area (TPSA) is 32.3 Å². The first-order chi connectivity index (χ1) is 4.66. The molecule has 2 N–H and O–H groups in total. The summed E-state index contributed by atoms with van der Waals surface area (Å²) >= 11 is 0. The smallest absolute Gasteiger partial charge is 0.204 e. The Morgan fingerprint density at radius 1 is 1.40 bits per heavy atom. The minimum absolute atomic E-state index is 0.0902. The Bertz CT molecular complexity index is 136. The summed E-state index contributed by atoms with van der Waals surface area (Å²) in [6.45, 7) is 6.18. The molecular formula is C7H14BNO. The summed E-state index contributed by atoms with van der Waals surface area (Å²) in [5.74, 6) is 3.22. The van der Waals surface area contributed by atoms with Crippen molar-refractivity contribution in [2.75, 3.05) is 0 Å². The molecule has 0 aromatic rings. The molecule has 10 heavy (non-hydrogen) atoms. The van der Waals surface area contributed by atoms with E-state index in [2.05, 4.69) is 25.0 Å². The van der Waals surface area contributed by atoms with Crippen molar-refractivity contribution in [3.8, 4) is 12.0 Å². The lowest BCUT2D eigenvalue weighted by atomic mass is 9.78. The van der Waals surface area contributed by atoms with E-state index in [9.17, 15) is 0 Å². The molecule has 0 bridgehead atoms. The lowest BCUT2D eigenvalue weighted by molar-refractivity contribution is 0.515. The van der Waals surface area contributed by atoms with Crippen molar-refractivity contribution in [2.24, 2.45) is 0 Å². The summed E-state index contributed by atoms with van der Waals surface area (Å²) in [5.41, 5.74) is 0. The quantitative estimate of drug-likeness (QED) is 0.440. The average Bonchev–Trinajstić information content (AvgIpc) is 1.85. The second-order valence-electron chi connectivity index (χ2n) is 2.78. The normalized spacial score (nSPS) is 12.0. The summed E-state index contributed by atoms with van der Waals surface area (Å²) in [4.78, 5) is 0. The minimum Gasteiger partial charge on any atom is -0.462 e. The van der Waals surface area contributed by atoms with Gasteiger partial charge in [-0.15, -0.1) is 0 Å². The van der Waals surface area contributed by atoms with E-state index < -0.39 is 0 Å². The third kappa shape index (κ3) is 5.52. The van der Waals surface area contributed by atoms with E-state index in [0.29, 0.717) is 5.82 Å². The molecular weight excluding hydrogens is 125 g/mol. The van der Waals surface area contributed by atoms with Gasteiger partial charge in [-0.2, -0.15) is 0 Å². The molecule has 0 spiro atoms. The van der Waals surface area contributed by atoms with Crippen molar-refractivity contribution >= 4 is 7.41 Å². The zero-order valence-electron chi connectivity index (χ0n) is 6.81. The Labute approximate surface area is 63.3 Å². The Kier molecular flexibility index (Phi) is 4.87. The van der Waals surface area contributed by atoms with Crippen LogP contribution in [0.3, 0.4) is 0 Å². The molecule has 0 aliphatic heterocycles. The first-order valence-corrected chi connectivity index (χ1v) is 3.54. The molecule has 3 heteroatoms. The van der Waals surface area contributed by atoms with E-state index in [-0.39, 0.29) is 6.04 Å². The third-order valence-corrected chi connectivity index (χ3v) is 1.11. The van der Waals surface area contributed by atoms with Crippen molar-refractivity contribution in [2.45, 2.75) is 32.6 Å². The van der Waals surface area contributed by atoms with Gasteiger partial charge in [-0.3, -0.25) is 0 Å². The first kappa shape index (κ1) is 9.38. The molecule has 0 aromatic heterocycles. The van der Waals surface area contributed by atoms with Crippen LogP contribution in [0.15, 0.2) is 0 Å². The van der Waals surface area contributed by atoms with E-state index >= 15 is 0 Å². The van der Waals surface area contributed by atoms with Crippen LogP contribution in [0.4, 0.5) is 0 Å². The molecule has 56 valence electrons. The van der Waals surface area contributed by atoms with Crippen LogP contribution < -0.4 is 5.23 Å². The van der Waals surface area contributed by atoms with Gasteiger partial charge in [-0.05, 0) is 12.8 Å². The van der Waals surface area contributed by atoms with Crippen molar-refractivity contribution in [1.82, 2.24) is 5.23 Å². The van der Waals surface area contributed by atoms with Gasteiger partial charge >= 0.3 is 0 Å². The molecule has 0 rings (SSSR count). The summed E-state index contributed by atoms with van der Waals surface area (Å²) in [6.07, 6.45) is 1.88. The lowest BCUT2D eigenvalue weighted by Crippen LogP contribution is -2.29. The van der Waals surface area contributed by atoms with Crippen molar-refractivity contribution in [1.29, 1.82) is 0 Å². The van der Waals surface area contributed by atoms with Crippen molar-refractivity contribution in [3.63, 3.8) is 0 Å². The highest BCUT2D eigenvalue weighted by atomic mass is 16.2. The average molecular weight is 139 g/mol. The fraction of sp³-hybridized carbons (Fsp3) is 0.714. The van der Waals surface area contributed by atoms with Crippen LogP contribution in [0.2, 0.25) is 5.82 Å². The van der Waals surface area contributed by atoms with Gasteiger partial charge in [0.1, 0.15) is 6.11 Å². The molecule has 0 aromatic carbocycles. The molecule has 0 heterocycles. The third-order valence-electron chi connectivity index (χ3n) is 1.11. The Hall–Kier alpha value is -0.615. The van der Waals surface area contributed by atoms with E-state index in [0.717, 1.165) is 7.41 Å². The predicted molar refractivity (Wildman–Crippen MR) is 44.6 cm³/mol. The second kappa shape index (κ2) is 5.19. The first-order valence-electron chi connectivity index (χ1n) is 3.54. The van der Waals surface area contributed by atoms with E-state index in [4.69, 9.17) is 5.11 Å². The van der Waals surface area contributed by atoms with E-state index in [1.165, 1.54) is 0 Å². The molecule has 0 saturated carbocycles. The molecule has 0 amide bonds. The number of nitrogens with one attached hydrogen (secondary N) is 1. The van der Waals surface area contributed by atoms with Crippen LogP contribution in [0, 0.1) is 12.0 Å². The molecule has 0 aliphatic rings. The number of aliphatic hydroxyl groups is 1.